The van der Waals surface area contributed by atoms with Crippen LogP contribution in [0.15, 0.2) is 35.5 Å². The van der Waals surface area contributed by atoms with Gasteiger partial charge in [0.15, 0.2) is 5.16 Å². The van der Waals surface area contributed by atoms with E-state index < -0.39 is 5.25 Å². The molecule has 0 aliphatic rings. The van der Waals surface area contributed by atoms with Gasteiger partial charge >= 0.3 is 0 Å². The molecule has 1 atom stereocenters. The molecule has 1 aromatic heterocycles. The van der Waals surface area contributed by atoms with Crippen molar-refractivity contribution >= 4 is 29.2 Å². The number of nitrogen functional groups attached to an aromatic ring is 1. The first kappa shape index (κ1) is 15.8. The van der Waals surface area contributed by atoms with E-state index in [1.54, 1.807) is 37.3 Å². The van der Waals surface area contributed by atoms with Crippen molar-refractivity contribution in [2.45, 2.75) is 24.3 Å². The average Bonchev–Trinajstić information content (AvgIpc) is 2.46. The number of amides is 1. The molecule has 2 rings (SSSR count). The van der Waals surface area contributed by atoms with Crippen LogP contribution in [-0.4, -0.2) is 21.1 Å². The number of rotatable bonds is 4. The van der Waals surface area contributed by atoms with Gasteiger partial charge in [0.05, 0.1) is 16.5 Å². The predicted octanol–water partition coefficient (Wildman–Crippen LogP) is 2.36. The van der Waals surface area contributed by atoms with Crippen molar-refractivity contribution in [3.8, 4) is 6.07 Å². The lowest BCUT2D eigenvalue weighted by Gasteiger charge is -2.12. The van der Waals surface area contributed by atoms with Gasteiger partial charge in [-0.15, -0.1) is 0 Å². The second-order valence-corrected chi connectivity index (χ2v) is 5.93. The van der Waals surface area contributed by atoms with Crippen molar-refractivity contribution < 1.29 is 4.79 Å². The maximum absolute atomic E-state index is 12.2. The van der Waals surface area contributed by atoms with Crippen molar-refractivity contribution in [3.63, 3.8) is 0 Å². The second-order valence-electron chi connectivity index (χ2n) is 4.62. The van der Waals surface area contributed by atoms with Crippen LogP contribution in [0.5, 0.6) is 0 Å². The number of hydrogen-bond acceptors (Lipinski definition) is 6. The zero-order valence-corrected chi connectivity index (χ0v) is 13.0. The van der Waals surface area contributed by atoms with Crippen molar-refractivity contribution in [3.05, 3.63) is 41.6 Å². The topological polar surface area (TPSA) is 105 Å². The predicted molar refractivity (Wildman–Crippen MR) is 86.3 cm³/mol. The molecule has 7 heteroatoms. The average molecular weight is 313 g/mol. The van der Waals surface area contributed by atoms with Crippen LogP contribution < -0.4 is 11.1 Å². The fraction of sp³-hybridized carbons (Fsp3) is 0.200. The smallest absolute Gasteiger partial charge is 0.237 e. The van der Waals surface area contributed by atoms with E-state index in [4.69, 9.17) is 11.0 Å². The summed E-state index contributed by atoms with van der Waals surface area (Å²) in [6, 6.07) is 10.6. The van der Waals surface area contributed by atoms with E-state index in [0.717, 1.165) is 5.69 Å². The first-order chi connectivity index (χ1) is 10.5. The molecule has 1 amide bonds. The maximum atomic E-state index is 12.2. The van der Waals surface area contributed by atoms with E-state index in [1.807, 2.05) is 13.0 Å². The summed E-state index contributed by atoms with van der Waals surface area (Å²) in [5.41, 5.74) is 7.33. The molecular weight excluding hydrogens is 298 g/mol. The third-order valence-corrected chi connectivity index (χ3v) is 3.77. The number of nitrogens with one attached hydrogen (secondary N) is 1. The Balaban J connectivity index is 2.08. The van der Waals surface area contributed by atoms with Crippen LogP contribution in [0, 0.1) is 18.3 Å². The summed E-state index contributed by atoms with van der Waals surface area (Å²) in [6.45, 7) is 3.56. The quantitative estimate of drug-likeness (QED) is 0.663. The highest BCUT2D eigenvalue weighted by molar-refractivity contribution is 8.00. The molecule has 0 aliphatic heterocycles. The van der Waals surface area contributed by atoms with Gasteiger partial charge in [-0.2, -0.15) is 5.26 Å². The first-order valence-corrected chi connectivity index (χ1v) is 7.45. The lowest BCUT2D eigenvalue weighted by atomic mass is 10.2. The standard InChI is InChI=1S/C15H15N5OS/c1-9-7-13(17)20-15(18-9)22-10(2)14(21)19-12-6-4-3-5-11(12)8-16/h3-7,10H,1-2H3,(H,19,21)(H2,17,18,20). The van der Waals surface area contributed by atoms with Crippen LogP contribution >= 0.6 is 11.8 Å². The fourth-order valence-corrected chi connectivity index (χ4v) is 2.59. The van der Waals surface area contributed by atoms with Gasteiger partial charge in [0.2, 0.25) is 5.91 Å². The van der Waals surface area contributed by atoms with E-state index in [9.17, 15) is 4.79 Å². The van der Waals surface area contributed by atoms with Crippen LogP contribution in [0.4, 0.5) is 11.5 Å². The molecule has 112 valence electrons. The van der Waals surface area contributed by atoms with E-state index in [-0.39, 0.29) is 5.91 Å². The Morgan fingerprint density at radius 1 is 1.41 bits per heavy atom. The van der Waals surface area contributed by atoms with Crippen LogP contribution in [0.25, 0.3) is 0 Å². The van der Waals surface area contributed by atoms with E-state index in [1.165, 1.54) is 11.8 Å². The number of carbonyl (C=O) groups is 1. The van der Waals surface area contributed by atoms with Crippen LogP contribution in [0.2, 0.25) is 0 Å². The van der Waals surface area contributed by atoms with Crippen LogP contribution in [0.3, 0.4) is 0 Å². The van der Waals surface area contributed by atoms with Crippen LogP contribution in [0.1, 0.15) is 18.2 Å². The molecule has 0 spiro atoms. The number of hydrogen-bond donors (Lipinski definition) is 2. The largest absolute Gasteiger partial charge is 0.384 e. The lowest BCUT2D eigenvalue weighted by Crippen LogP contribution is -2.23. The number of anilines is 2. The number of benzene rings is 1. The molecule has 22 heavy (non-hydrogen) atoms. The Morgan fingerprint density at radius 2 is 2.14 bits per heavy atom. The zero-order chi connectivity index (χ0) is 16.1. The number of nitriles is 1. The highest BCUT2D eigenvalue weighted by atomic mass is 32.2. The van der Waals surface area contributed by atoms with E-state index in [0.29, 0.717) is 22.2 Å². The number of nitrogens with zero attached hydrogens (tertiary/aromatic N) is 3. The number of aromatic nitrogens is 2. The molecule has 2 aromatic rings. The van der Waals surface area contributed by atoms with E-state index >= 15 is 0 Å². The molecule has 3 N–H and O–H groups in total. The van der Waals surface area contributed by atoms with Gasteiger partial charge in [-0.25, -0.2) is 9.97 Å². The second kappa shape index (κ2) is 6.91. The molecule has 0 bridgehead atoms. The maximum Gasteiger partial charge on any atom is 0.237 e. The summed E-state index contributed by atoms with van der Waals surface area (Å²) in [5.74, 6) is 0.147. The summed E-state index contributed by atoms with van der Waals surface area (Å²) in [7, 11) is 0. The van der Waals surface area contributed by atoms with Gasteiger partial charge < -0.3 is 11.1 Å². The molecule has 0 aliphatic carbocycles. The first-order valence-electron chi connectivity index (χ1n) is 6.57. The van der Waals surface area contributed by atoms with Crippen molar-refractivity contribution in [1.29, 1.82) is 5.26 Å². The molecule has 0 fully saturated rings. The molecule has 1 unspecified atom stereocenters. The molecule has 0 radical (unpaired) electrons. The normalized spacial score (nSPS) is 11.5. The Bertz CT molecular complexity index is 721. The Hall–Kier alpha value is -2.59. The Morgan fingerprint density at radius 3 is 2.82 bits per heavy atom. The molecule has 0 saturated heterocycles. The minimum atomic E-state index is -0.423. The summed E-state index contributed by atoms with van der Waals surface area (Å²) < 4.78 is 0. The number of para-hydroxylation sites is 1. The van der Waals surface area contributed by atoms with Crippen LogP contribution in [-0.2, 0) is 4.79 Å². The summed E-state index contributed by atoms with van der Waals surface area (Å²) >= 11 is 1.22. The molecule has 1 aromatic carbocycles. The highest BCUT2D eigenvalue weighted by Crippen LogP contribution is 2.22. The number of aryl methyl sites for hydroxylation is 1. The zero-order valence-electron chi connectivity index (χ0n) is 12.2. The van der Waals surface area contributed by atoms with Crippen molar-refractivity contribution in [2.75, 3.05) is 11.1 Å². The summed E-state index contributed by atoms with van der Waals surface area (Å²) in [6.07, 6.45) is 0. The Labute approximate surface area is 132 Å². The Kier molecular flexibility index (Phi) is 4.96. The SMILES string of the molecule is Cc1cc(N)nc(SC(C)C(=O)Nc2ccccc2C#N)n1. The van der Waals surface area contributed by atoms with Crippen molar-refractivity contribution in [1.82, 2.24) is 9.97 Å². The third-order valence-electron chi connectivity index (χ3n) is 2.81. The third kappa shape index (κ3) is 3.96. The van der Waals surface area contributed by atoms with E-state index in [2.05, 4.69) is 15.3 Å². The van der Waals surface area contributed by atoms with Crippen molar-refractivity contribution in [2.24, 2.45) is 0 Å². The monoisotopic (exact) mass is 313 g/mol. The van der Waals surface area contributed by atoms with Gasteiger partial charge in [-0.1, -0.05) is 23.9 Å². The summed E-state index contributed by atoms with van der Waals surface area (Å²) in [4.78, 5) is 20.6. The fourth-order valence-electron chi connectivity index (χ4n) is 1.75. The van der Waals surface area contributed by atoms with Gasteiger partial charge in [-0.3, -0.25) is 4.79 Å². The number of carbonyl (C=O) groups excluding carboxylic acids is 1. The number of thioether (sulfide) groups is 1. The molecule has 0 saturated carbocycles. The molecular formula is C15H15N5OS. The minimum absolute atomic E-state index is 0.226. The molecule has 1 heterocycles. The minimum Gasteiger partial charge on any atom is -0.384 e. The number of nitrogens with two attached hydrogens (primary N) is 1. The highest BCUT2D eigenvalue weighted by Gasteiger charge is 2.17. The van der Waals surface area contributed by atoms with Gasteiger partial charge in [0, 0.05) is 11.8 Å². The lowest BCUT2D eigenvalue weighted by molar-refractivity contribution is -0.115. The van der Waals surface area contributed by atoms with Gasteiger partial charge in [0.25, 0.3) is 0 Å². The molecule has 6 nitrogen and oxygen atoms in total. The van der Waals surface area contributed by atoms with Gasteiger partial charge in [-0.05, 0) is 26.0 Å². The summed E-state index contributed by atoms with van der Waals surface area (Å²) in [5, 5.41) is 11.8. The van der Waals surface area contributed by atoms with Gasteiger partial charge in [0.1, 0.15) is 11.9 Å².